The summed E-state index contributed by atoms with van der Waals surface area (Å²) in [6, 6.07) is 70.8. The van der Waals surface area contributed by atoms with Gasteiger partial charge in [-0.1, -0.05) is 155 Å². The molecule has 0 amide bonds. The molecule has 8 aromatic carbocycles. The molecule has 11 aromatic rings. The van der Waals surface area contributed by atoms with E-state index >= 15 is 0 Å². The van der Waals surface area contributed by atoms with Gasteiger partial charge in [-0.15, -0.1) is 53.6 Å². The molecule has 1 fully saturated rings. The summed E-state index contributed by atoms with van der Waals surface area (Å²) >= 11 is 0. The van der Waals surface area contributed by atoms with Crippen LogP contribution in [0.5, 0.6) is 11.5 Å². The molecule has 0 N–H and O–H groups in total. The van der Waals surface area contributed by atoms with E-state index in [0.29, 0.717) is 11.5 Å². The van der Waals surface area contributed by atoms with Crippen molar-refractivity contribution in [1.29, 1.82) is 5.26 Å². The first-order valence-corrected chi connectivity index (χ1v) is 27.2. The minimum absolute atomic E-state index is 0. The summed E-state index contributed by atoms with van der Waals surface area (Å²) in [5.74, 6) is 3.55. The maximum Gasteiger partial charge on any atom is 0.135 e. The summed E-state index contributed by atoms with van der Waals surface area (Å²) in [6.07, 6.45) is 6.84. The molecule has 2 aliphatic heterocycles. The van der Waals surface area contributed by atoms with Crippen molar-refractivity contribution in [3.05, 3.63) is 217 Å². The van der Waals surface area contributed by atoms with Gasteiger partial charge in [-0.3, -0.25) is 0 Å². The number of hydrogen-bond donors (Lipinski definition) is 0. The average molecular weight is 1190 g/mol. The van der Waals surface area contributed by atoms with Gasteiger partial charge in [-0.25, -0.2) is 9.97 Å². The van der Waals surface area contributed by atoms with Crippen molar-refractivity contribution in [1.82, 2.24) is 19.1 Å². The van der Waals surface area contributed by atoms with E-state index in [9.17, 15) is 5.26 Å². The van der Waals surface area contributed by atoms with E-state index in [4.69, 9.17) is 14.7 Å². The molecule has 14 rings (SSSR count). The predicted molar refractivity (Wildman–Crippen MR) is 311 cm³/mol. The van der Waals surface area contributed by atoms with Gasteiger partial charge >= 0.3 is 0 Å². The van der Waals surface area contributed by atoms with Crippen LogP contribution in [-0.4, -0.2) is 19.1 Å². The molecule has 0 unspecified atom stereocenters. The third-order valence-electron chi connectivity index (χ3n) is 16.2. The van der Waals surface area contributed by atoms with Crippen LogP contribution >= 0.6 is 0 Å². The number of fused-ring (bicyclic) bond motifs is 7. The van der Waals surface area contributed by atoms with Crippen LogP contribution in [0.15, 0.2) is 176 Å². The fourth-order valence-electron chi connectivity index (χ4n) is 12.1. The Kier molecular flexibility index (Phi) is 12.4. The number of anilines is 4. The molecule has 5 heterocycles. The van der Waals surface area contributed by atoms with Crippen LogP contribution in [0.4, 0.5) is 22.7 Å². The monoisotopic (exact) mass is 1190 g/mol. The Hall–Kier alpha value is -8.24. The van der Waals surface area contributed by atoms with Gasteiger partial charge in [0.05, 0.1) is 22.5 Å². The molecule has 0 bridgehead atoms. The van der Waals surface area contributed by atoms with Crippen LogP contribution in [0.2, 0.25) is 0 Å². The normalized spacial score (nSPS) is 14.5. The van der Waals surface area contributed by atoms with E-state index in [1.165, 1.54) is 16.7 Å². The maximum absolute atomic E-state index is 9.99. The Labute approximate surface area is 470 Å². The number of ether oxygens (including phenoxy) is 1. The SMILES string of the molecule is CC(C)c1cccc(C(C)C)c1-c1cc(Oc2[c-]c3c(cc2)c2ccccc2n3-c2ccc(C3(C#N)CC3)cn2)[c-]c(N2[CH-]N(c3c(-c4ccccc4)cccc3-c3ccccc3)c3cc4c(cc32)nc2n4CCCC2)c1.[Pt]. The molecule has 3 aromatic heterocycles. The van der Waals surface area contributed by atoms with Crippen molar-refractivity contribution in [2.24, 2.45) is 0 Å². The quantitative estimate of drug-likeness (QED) is 0.120. The van der Waals surface area contributed by atoms with E-state index in [1.807, 2.05) is 18.3 Å². The van der Waals surface area contributed by atoms with Crippen molar-refractivity contribution < 1.29 is 25.8 Å². The molecule has 1 saturated carbocycles. The van der Waals surface area contributed by atoms with Crippen molar-refractivity contribution in [3.8, 4) is 56.8 Å². The fourth-order valence-corrected chi connectivity index (χ4v) is 12.1. The molecular formula is C69H56N7OPt-3. The van der Waals surface area contributed by atoms with Gasteiger partial charge in [-0.2, -0.15) is 11.3 Å². The van der Waals surface area contributed by atoms with Crippen molar-refractivity contribution in [2.45, 2.75) is 83.6 Å². The summed E-state index contributed by atoms with van der Waals surface area (Å²) < 4.78 is 11.7. The van der Waals surface area contributed by atoms with E-state index in [1.54, 1.807) is 0 Å². The first-order valence-electron chi connectivity index (χ1n) is 27.2. The zero-order valence-electron chi connectivity index (χ0n) is 44.1. The summed E-state index contributed by atoms with van der Waals surface area (Å²) in [4.78, 5) is 15.0. The fraction of sp³-hybridized carbons (Fsp3) is 0.188. The zero-order chi connectivity index (χ0) is 51.9. The minimum atomic E-state index is -0.426. The Balaban J connectivity index is 0.00000579. The molecule has 3 aliphatic rings. The Morgan fingerprint density at radius 1 is 0.641 bits per heavy atom. The molecule has 0 spiro atoms. The Morgan fingerprint density at radius 3 is 2.01 bits per heavy atom. The van der Waals surface area contributed by atoms with Gasteiger partial charge < -0.3 is 23.7 Å². The van der Waals surface area contributed by atoms with E-state index < -0.39 is 5.41 Å². The molecular weight excluding hydrogens is 1140 g/mol. The number of rotatable bonds is 11. The average Bonchev–Trinajstić information content (AvgIpc) is 4.05. The number of aryl methyl sites for hydroxylation is 2. The number of pyridine rings is 1. The molecule has 386 valence electrons. The predicted octanol–water partition coefficient (Wildman–Crippen LogP) is 17.5. The first kappa shape index (κ1) is 49.3. The first-order chi connectivity index (χ1) is 37.7. The zero-order valence-corrected chi connectivity index (χ0v) is 46.3. The number of benzene rings is 8. The van der Waals surface area contributed by atoms with Gasteiger partial charge in [-0.05, 0) is 101 Å². The Bertz CT molecular complexity index is 4060. The van der Waals surface area contributed by atoms with Crippen LogP contribution in [0.1, 0.15) is 87.7 Å². The second-order valence-electron chi connectivity index (χ2n) is 21.6. The van der Waals surface area contributed by atoms with Crippen LogP contribution in [0.3, 0.4) is 0 Å². The summed E-state index contributed by atoms with van der Waals surface area (Å²) in [5.41, 5.74) is 17.9. The number of imidazole rings is 1. The number of nitrogens with zero attached hydrogens (tertiary/aromatic N) is 7. The van der Waals surface area contributed by atoms with Crippen molar-refractivity contribution in [3.63, 3.8) is 0 Å². The molecule has 0 radical (unpaired) electrons. The van der Waals surface area contributed by atoms with Gasteiger partial charge in [0.2, 0.25) is 0 Å². The second-order valence-corrected chi connectivity index (χ2v) is 21.6. The Morgan fingerprint density at radius 2 is 1.33 bits per heavy atom. The number of para-hydroxylation sites is 2. The maximum atomic E-state index is 9.99. The van der Waals surface area contributed by atoms with Crippen LogP contribution in [0.25, 0.3) is 72.0 Å². The standard InChI is InChI=1S/C69H56N7O.Pt/c1-44(2)53-22-15-23-54(45(3)4)67(53)48-35-50(37-52(36-48)77-51-29-30-58-57-21-11-12-26-60(57)76(61(58)38-51)65-31-28-49(41-71-65)69(42-70)32-33-69)74-43-75(64-40-62-59(39-63(64)74)72-66-27-13-14-34-73(62)66)68-55(46-17-7-5-8-18-46)24-16-25-56(68)47-19-9-6-10-20-47;/h5-12,15-26,28-31,35-36,39-41,43-45H,13-14,27,32-34H2,1-4H3;/q-3;. The number of hydrogen-bond acceptors (Lipinski definition) is 6. The van der Waals surface area contributed by atoms with Crippen molar-refractivity contribution >= 4 is 55.6 Å². The number of nitriles is 1. The smallest absolute Gasteiger partial charge is 0.135 e. The van der Waals surface area contributed by atoms with Crippen LogP contribution in [0, 0.1) is 30.1 Å². The number of aromatic nitrogens is 4. The summed E-state index contributed by atoms with van der Waals surface area (Å²) in [7, 11) is 0. The van der Waals surface area contributed by atoms with E-state index in [2.05, 4.69) is 229 Å². The van der Waals surface area contributed by atoms with Gasteiger partial charge in [0.15, 0.2) is 0 Å². The molecule has 78 heavy (non-hydrogen) atoms. The third-order valence-corrected chi connectivity index (χ3v) is 16.2. The van der Waals surface area contributed by atoms with Crippen LogP contribution in [-0.2, 0) is 39.4 Å². The molecule has 1 aliphatic carbocycles. The van der Waals surface area contributed by atoms with Crippen molar-refractivity contribution in [2.75, 3.05) is 9.80 Å². The third kappa shape index (κ3) is 8.30. The van der Waals surface area contributed by atoms with Gasteiger partial charge in [0.1, 0.15) is 11.6 Å². The molecule has 0 atom stereocenters. The topological polar surface area (TPSA) is 75.1 Å². The molecule has 9 heteroatoms. The second kappa shape index (κ2) is 19.6. The van der Waals surface area contributed by atoms with E-state index in [-0.39, 0.29) is 32.9 Å². The minimum Gasteiger partial charge on any atom is -0.509 e. The summed E-state index contributed by atoms with van der Waals surface area (Å²) in [5, 5.41) is 12.1. The molecule has 0 saturated heterocycles. The summed E-state index contributed by atoms with van der Waals surface area (Å²) in [6.45, 7) is 12.3. The van der Waals surface area contributed by atoms with Gasteiger partial charge in [0.25, 0.3) is 0 Å². The molecule has 8 nitrogen and oxygen atoms in total. The largest absolute Gasteiger partial charge is 0.509 e. The van der Waals surface area contributed by atoms with E-state index in [0.717, 1.165) is 139 Å². The van der Waals surface area contributed by atoms with Gasteiger partial charge in [0, 0.05) is 85.4 Å². The van der Waals surface area contributed by atoms with Crippen LogP contribution < -0.4 is 14.5 Å².